The number of carbonyl (C=O) groups is 1. The molecule has 0 spiro atoms. The number of halogens is 25. The molecular weight excluding hydrogens is 2420 g/mol. The van der Waals surface area contributed by atoms with Crippen LogP contribution in [0.15, 0.2) is 131 Å². The highest BCUT2D eigenvalue weighted by Crippen LogP contribution is 2.45. The Bertz CT molecular complexity index is 4790. The molecular formula is C62H58Br10F15O27S5-5. The molecule has 5 unspecified atom stereocenters. The Morgan fingerprint density at radius 1 is 0.361 bits per heavy atom. The van der Waals surface area contributed by atoms with Crippen molar-refractivity contribution in [3.63, 3.8) is 0 Å². The summed E-state index contributed by atoms with van der Waals surface area (Å²) >= 11 is 30.9. The van der Waals surface area contributed by atoms with E-state index in [0.29, 0.717) is 35.1 Å². The van der Waals surface area contributed by atoms with Crippen LogP contribution in [0, 0.1) is 0 Å². The third kappa shape index (κ3) is 46.4. The topological polar surface area (TPSA) is 405 Å². The van der Waals surface area contributed by atoms with Crippen molar-refractivity contribution in [1.29, 1.82) is 0 Å². The number of rotatable bonds is 29. The Balaban J connectivity index is 0.000000745. The Morgan fingerprint density at radius 2 is 0.580 bits per heavy atom. The van der Waals surface area contributed by atoms with Crippen LogP contribution in [-0.2, 0) is 55.3 Å². The third-order valence-corrected chi connectivity index (χ3v) is 21.2. The number of carbonyl (C=O) groups excluding carboxylic acids is 1. The summed E-state index contributed by atoms with van der Waals surface area (Å²) in [6, 6.07) is 11.4. The minimum Gasteiger partial charge on any atom is -0.748 e. The van der Waals surface area contributed by atoms with Gasteiger partial charge in [0.15, 0.2) is 11.5 Å². The molecule has 5 rings (SSSR count). The van der Waals surface area contributed by atoms with E-state index >= 15 is 0 Å². The summed E-state index contributed by atoms with van der Waals surface area (Å²) in [7, 11) is -25.7. The van der Waals surface area contributed by atoms with Crippen molar-refractivity contribution in [2.75, 3.05) is 35.4 Å². The van der Waals surface area contributed by atoms with Crippen molar-refractivity contribution >= 4 is 216 Å². The minimum atomic E-state index is -5.19. The lowest BCUT2D eigenvalue weighted by atomic mass is 10.2. The van der Waals surface area contributed by atoms with Gasteiger partial charge >= 0.3 is 37.0 Å². The largest absolute Gasteiger partial charge is 0.748 e. The monoisotopic (exact) mass is 2470 g/mol. The Hall–Kier alpha value is -3.65. The molecule has 0 aliphatic rings. The first kappa shape index (κ1) is 113. The molecule has 0 bridgehead atoms. The Morgan fingerprint density at radius 3 is 0.773 bits per heavy atom. The molecule has 0 saturated heterocycles. The number of alkyl halides is 15. The van der Waals surface area contributed by atoms with Gasteiger partial charge in [-0.15, -0.1) is 0 Å². The molecule has 0 heterocycles. The van der Waals surface area contributed by atoms with Crippen LogP contribution in [0.4, 0.5) is 70.7 Å². The maximum absolute atomic E-state index is 12.9. The van der Waals surface area contributed by atoms with Gasteiger partial charge < -0.3 is 74.9 Å². The van der Waals surface area contributed by atoms with Crippen LogP contribution in [0.2, 0.25) is 0 Å². The molecule has 0 saturated carbocycles. The van der Waals surface area contributed by atoms with Crippen molar-refractivity contribution in [3.8, 4) is 57.5 Å². The van der Waals surface area contributed by atoms with Gasteiger partial charge in [-0.3, -0.25) is 0 Å². The average molecular weight is 2480 g/mol. The lowest BCUT2D eigenvalue weighted by Crippen LogP contribution is -2.40. The summed E-state index contributed by atoms with van der Waals surface area (Å²) in [5.41, 5.74) is -1.39. The zero-order chi connectivity index (χ0) is 93.1. The quantitative estimate of drug-likeness (QED) is 0.0107. The van der Waals surface area contributed by atoms with Gasteiger partial charge in [0.25, 0.3) is 0 Å². The molecule has 0 fully saturated rings. The lowest BCUT2D eigenvalue weighted by molar-refractivity contribution is -0.188. The molecule has 0 aromatic heterocycles. The van der Waals surface area contributed by atoms with Crippen molar-refractivity contribution < 1.29 is 188 Å². The Kier molecular flexibility index (Phi) is 44.0. The van der Waals surface area contributed by atoms with E-state index in [9.17, 15) is 136 Å². The zero-order valence-corrected chi connectivity index (χ0v) is 80.5. The van der Waals surface area contributed by atoms with Gasteiger partial charge in [-0.25, -0.2) is 46.9 Å². The van der Waals surface area contributed by atoms with Crippen LogP contribution >= 0.6 is 159 Å². The second-order valence-electron chi connectivity index (χ2n) is 24.8. The van der Waals surface area contributed by atoms with Gasteiger partial charge in [0.05, 0.1) is 136 Å². The van der Waals surface area contributed by atoms with Crippen molar-refractivity contribution in [1.82, 2.24) is 0 Å². The first-order chi connectivity index (χ1) is 53.2. The molecule has 5 atom stereocenters. The smallest absolute Gasteiger partial charge is 0.514 e. The van der Waals surface area contributed by atoms with Crippen LogP contribution in [0.3, 0.4) is 0 Å². The highest BCUT2D eigenvalue weighted by molar-refractivity contribution is 9.12. The SMILES string of the molecule is C=CCOc1c(Br)cc(OC(CS(=O)(=O)[O-])C(F)(F)F)cc1Br.C=COc1c(Br)cc(OC(CS(=O)(=O)[O-])C(F)(F)F)cc1Br.CC(C)(C)OC(=O)Oc1c(Br)cc(OC(CS(=O)(=O)[O-])C(F)(F)F)cc1Br.CC(C)(C)Oc1c(Br)cc(OC(CS(=O)(=O)[O-])C(F)(F)F)cc1Br.CC(C)Oc1c(Br)cc(OC(CS(=O)(=O)[O-])C(F)(F)F)cc1Br. The van der Waals surface area contributed by atoms with E-state index in [-0.39, 0.29) is 74.0 Å². The van der Waals surface area contributed by atoms with Gasteiger partial charge in [0.1, 0.15) is 63.8 Å². The van der Waals surface area contributed by atoms with Gasteiger partial charge in [-0.1, -0.05) is 19.2 Å². The van der Waals surface area contributed by atoms with E-state index in [4.69, 9.17) is 28.4 Å². The van der Waals surface area contributed by atoms with E-state index in [1.807, 2.05) is 0 Å². The average Bonchev–Trinajstić information content (AvgIpc) is 0.837. The normalized spacial score (nSPS) is 13.8. The highest BCUT2D eigenvalue weighted by atomic mass is 79.9. The summed E-state index contributed by atoms with van der Waals surface area (Å²) < 4.78 is 409. The molecule has 0 N–H and O–H groups in total. The highest BCUT2D eigenvalue weighted by Gasteiger charge is 2.47. The third-order valence-electron chi connectivity index (χ3n) is 11.7. The summed E-state index contributed by atoms with van der Waals surface area (Å²) in [5, 5.41) is 0. The fourth-order valence-corrected chi connectivity index (χ4v) is 17.2. The second-order valence-corrected chi connectivity index (χ2v) is 40.6. The predicted octanol–water partition coefficient (Wildman–Crippen LogP) is 19.7. The first-order valence-electron chi connectivity index (χ1n) is 30.8. The van der Waals surface area contributed by atoms with E-state index in [2.05, 4.69) is 196 Å². The van der Waals surface area contributed by atoms with E-state index in [1.165, 1.54) is 42.5 Å². The lowest BCUT2D eigenvalue weighted by Gasteiger charge is -2.25. The number of ether oxygens (including phenoxy) is 11. The van der Waals surface area contributed by atoms with E-state index in [0.717, 1.165) is 30.5 Å². The summed E-state index contributed by atoms with van der Waals surface area (Å²) in [4.78, 5) is 11.7. The fraction of sp³-hybridized carbons (Fsp3) is 0.435. The Labute approximate surface area is 754 Å². The number of hydrogen-bond acceptors (Lipinski definition) is 27. The van der Waals surface area contributed by atoms with Crippen molar-refractivity contribution in [2.24, 2.45) is 0 Å². The van der Waals surface area contributed by atoms with Gasteiger partial charge in [0.2, 0.25) is 30.5 Å². The van der Waals surface area contributed by atoms with Crippen LogP contribution in [0.1, 0.15) is 55.4 Å². The maximum Gasteiger partial charge on any atom is 0.514 e. The maximum atomic E-state index is 12.9. The molecule has 5 aromatic carbocycles. The predicted molar refractivity (Wildman–Crippen MR) is 424 cm³/mol. The molecule has 57 heteroatoms. The minimum absolute atomic E-state index is 0.0173. The van der Waals surface area contributed by atoms with Crippen molar-refractivity contribution in [3.05, 3.63) is 131 Å². The van der Waals surface area contributed by atoms with Gasteiger partial charge in [-0.2, -0.15) is 65.9 Å². The van der Waals surface area contributed by atoms with Crippen LogP contribution in [-0.4, -0.2) is 185 Å². The van der Waals surface area contributed by atoms with E-state index < -0.39 is 164 Å². The summed E-state index contributed by atoms with van der Waals surface area (Å²) in [5.74, 6) is -9.09. The second kappa shape index (κ2) is 46.2. The van der Waals surface area contributed by atoms with Gasteiger partial charge in [-0.05, 0) is 275 Å². The standard InChI is InChI=1S/C14H15Br2F3O7S.C13H15Br2F3O5S.C12H13Br2F3O5S.C12H11Br2F3O5S.C11H9Br2F3O5S/c1-13(2,3)26-12(20)25-11-8(15)4-7(5-9(11)16)24-10(14(17,18)19)6-27(21,22)23;1-12(2,3)23-11-8(14)4-7(5-9(11)15)22-10(13(16,17)18)6-24(19,20)21;1-6(2)21-11-8(13)3-7(4-9(11)14)22-10(12(15,16)17)5-23(18,19)20;1-2-3-21-11-8(13)4-7(5-9(11)14)22-10(12(15,16)17)6-23(18,19)20;1-2-20-10-7(12)3-6(4-8(10)13)21-9(11(14,15)16)5-22(17,18)19/h4-5,10H,6H2,1-3H3,(H,21,22,23);4-5,10H,6H2,1-3H3,(H,19,20,21);3-4,6,10H,5H2,1-2H3,(H,18,19,20);2,4-5,10H,1,3,6H2,(H,18,19,20);2-4,9H,1,5H2,(H,17,18,19)/p-5. The molecule has 0 radical (unpaired) electrons. The van der Waals surface area contributed by atoms with Crippen LogP contribution in [0.25, 0.3) is 0 Å². The number of hydrogen-bond donors (Lipinski definition) is 0. The summed E-state index contributed by atoms with van der Waals surface area (Å²) in [6.45, 7) is 20.7. The van der Waals surface area contributed by atoms with Crippen LogP contribution < -0.4 is 47.4 Å². The van der Waals surface area contributed by atoms with Crippen molar-refractivity contribution in [2.45, 2.75) is 134 Å². The van der Waals surface area contributed by atoms with Gasteiger partial charge in [0, 0.05) is 0 Å². The van der Waals surface area contributed by atoms with E-state index in [1.54, 1.807) is 55.4 Å². The first-order valence-corrected chi connectivity index (χ1v) is 46.6. The number of benzene rings is 5. The molecule has 0 amide bonds. The molecule has 27 nitrogen and oxygen atoms in total. The molecule has 0 aliphatic carbocycles. The molecule has 678 valence electrons. The fourth-order valence-electron chi connectivity index (χ4n) is 7.43. The molecule has 119 heavy (non-hydrogen) atoms. The molecule has 0 aliphatic heterocycles. The zero-order valence-electron chi connectivity index (χ0n) is 60.6. The summed E-state index contributed by atoms with van der Waals surface area (Å²) in [6.07, 6.45) is -37.8. The molecule has 5 aromatic rings. The van der Waals surface area contributed by atoms with Crippen LogP contribution in [0.5, 0.6) is 57.5 Å².